The number of ether oxygens (including phenoxy) is 1. The van der Waals surface area contributed by atoms with Gasteiger partial charge in [0.25, 0.3) is 11.8 Å². The number of imide groups is 1. The smallest absolute Gasteiger partial charge is 0.407 e. The van der Waals surface area contributed by atoms with Gasteiger partial charge in [-0.3, -0.25) is 14.4 Å². The lowest BCUT2D eigenvalue weighted by Crippen LogP contribution is -2.41. The largest absolute Gasteiger partial charge is 0.449 e. The highest BCUT2D eigenvalue weighted by molar-refractivity contribution is 6.01. The number of fused-ring (bicyclic) bond motifs is 3. The van der Waals surface area contributed by atoms with E-state index >= 15 is 0 Å². The van der Waals surface area contributed by atoms with Gasteiger partial charge in [-0.2, -0.15) is 0 Å². The lowest BCUT2D eigenvalue weighted by molar-refractivity contribution is -0.196. The fraction of sp³-hybridized carbons (Fsp3) is 0.261. The Bertz CT molecular complexity index is 1070. The number of nitrogens with zero attached hydrogens (tertiary/aromatic N) is 1. The first-order valence-electron chi connectivity index (χ1n) is 10.4. The maximum absolute atomic E-state index is 12.1. The molecular weight excluding hydrogens is 430 g/mol. The van der Waals surface area contributed by atoms with Crippen LogP contribution in [0.4, 0.5) is 4.79 Å². The van der Waals surface area contributed by atoms with Crippen LogP contribution in [0, 0.1) is 0 Å². The first kappa shape index (κ1) is 22.0. The van der Waals surface area contributed by atoms with Crippen molar-refractivity contribution in [3.8, 4) is 11.1 Å². The average molecular weight is 451 g/mol. The van der Waals surface area contributed by atoms with Crippen LogP contribution < -0.4 is 10.6 Å². The van der Waals surface area contributed by atoms with Crippen LogP contribution in [0.5, 0.6) is 0 Å². The quantitative estimate of drug-likeness (QED) is 0.606. The number of benzene rings is 2. The van der Waals surface area contributed by atoms with E-state index in [9.17, 15) is 24.0 Å². The molecule has 0 saturated carbocycles. The van der Waals surface area contributed by atoms with Crippen LogP contribution >= 0.6 is 0 Å². The Labute approximate surface area is 188 Å². The Morgan fingerprint density at radius 1 is 0.848 bits per heavy atom. The molecule has 1 aliphatic heterocycles. The number of carbonyl (C=O) groups is 5. The molecule has 1 aliphatic carbocycles. The molecule has 0 unspecified atom stereocenters. The minimum atomic E-state index is -0.979. The van der Waals surface area contributed by atoms with Crippen molar-refractivity contribution < 1.29 is 33.5 Å². The van der Waals surface area contributed by atoms with Crippen LogP contribution in [0.1, 0.15) is 29.9 Å². The topological polar surface area (TPSA) is 131 Å². The van der Waals surface area contributed by atoms with Crippen LogP contribution in [0.15, 0.2) is 48.5 Å². The molecule has 0 aromatic heterocycles. The molecule has 2 aromatic carbocycles. The normalized spacial score (nSPS) is 14.5. The molecule has 1 fully saturated rings. The number of hydroxylamine groups is 2. The average Bonchev–Trinajstić information content (AvgIpc) is 3.32. The minimum absolute atomic E-state index is 0.0253. The van der Waals surface area contributed by atoms with Crippen LogP contribution in [-0.2, 0) is 28.8 Å². The Morgan fingerprint density at radius 3 is 2.03 bits per heavy atom. The molecule has 10 heteroatoms. The highest BCUT2D eigenvalue weighted by atomic mass is 16.7. The van der Waals surface area contributed by atoms with Gasteiger partial charge in [0, 0.05) is 18.8 Å². The second kappa shape index (κ2) is 9.51. The van der Waals surface area contributed by atoms with Crippen molar-refractivity contribution in [2.24, 2.45) is 0 Å². The lowest BCUT2D eigenvalue weighted by atomic mass is 9.98. The zero-order chi connectivity index (χ0) is 23.4. The van der Waals surface area contributed by atoms with Gasteiger partial charge in [-0.05, 0) is 22.3 Å². The summed E-state index contributed by atoms with van der Waals surface area (Å²) in [5, 5.41) is 4.95. The van der Waals surface area contributed by atoms with E-state index in [2.05, 4.69) is 15.5 Å². The first-order chi connectivity index (χ1) is 15.9. The zero-order valence-corrected chi connectivity index (χ0v) is 17.5. The maximum atomic E-state index is 12.1. The molecule has 0 atom stereocenters. The van der Waals surface area contributed by atoms with Crippen molar-refractivity contribution in [3.05, 3.63) is 59.7 Å². The van der Waals surface area contributed by atoms with E-state index in [1.54, 1.807) is 0 Å². The summed E-state index contributed by atoms with van der Waals surface area (Å²) in [7, 11) is 0. The molecule has 4 rings (SSSR count). The summed E-state index contributed by atoms with van der Waals surface area (Å²) in [6.45, 7) is -0.889. The number of hydrogen-bond donors (Lipinski definition) is 2. The first-order valence-corrected chi connectivity index (χ1v) is 10.4. The SMILES string of the molecule is O=C(CNC(=O)OCC1c2ccccc2-c2ccccc21)NCC(=O)ON1C(=O)CCC1=O. The summed E-state index contributed by atoms with van der Waals surface area (Å²) in [4.78, 5) is 63.1. The lowest BCUT2D eigenvalue weighted by Gasteiger charge is -2.15. The van der Waals surface area contributed by atoms with Crippen molar-refractivity contribution in [1.82, 2.24) is 15.7 Å². The molecule has 0 bridgehead atoms. The van der Waals surface area contributed by atoms with Gasteiger partial charge < -0.3 is 20.2 Å². The molecule has 1 heterocycles. The van der Waals surface area contributed by atoms with Gasteiger partial charge in [-0.25, -0.2) is 9.59 Å². The van der Waals surface area contributed by atoms with E-state index in [0.29, 0.717) is 5.06 Å². The Hall–Kier alpha value is -4.21. The molecule has 0 spiro atoms. The third-order valence-electron chi connectivity index (χ3n) is 5.37. The molecule has 0 radical (unpaired) electrons. The molecular formula is C23H21N3O7. The van der Waals surface area contributed by atoms with Gasteiger partial charge in [0.15, 0.2) is 0 Å². The van der Waals surface area contributed by atoms with Gasteiger partial charge in [-0.15, -0.1) is 5.06 Å². The minimum Gasteiger partial charge on any atom is -0.449 e. The van der Waals surface area contributed by atoms with Gasteiger partial charge in [-0.1, -0.05) is 48.5 Å². The monoisotopic (exact) mass is 451 g/mol. The van der Waals surface area contributed by atoms with E-state index in [1.165, 1.54) is 0 Å². The standard InChI is InChI=1S/C23H21N3O7/c27-19(24-12-22(30)33-26-20(28)9-10-21(26)29)11-25-23(31)32-13-18-16-7-3-1-5-14(16)15-6-2-4-8-17(15)18/h1-8,18H,9-13H2,(H,24,27)(H,25,31). The third-order valence-corrected chi connectivity index (χ3v) is 5.37. The number of alkyl carbamates (subject to hydrolysis) is 1. The predicted molar refractivity (Wildman–Crippen MR) is 113 cm³/mol. The third kappa shape index (κ3) is 4.84. The molecule has 2 N–H and O–H groups in total. The fourth-order valence-corrected chi connectivity index (χ4v) is 3.83. The number of hydrogen-bond acceptors (Lipinski definition) is 7. The van der Waals surface area contributed by atoms with E-state index in [0.717, 1.165) is 22.3 Å². The van der Waals surface area contributed by atoms with Crippen molar-refractivity contribution in [3.63, 3.8) is 0 Å². The maximum Gasteiger partial charge on any atom is 0.407 e. The number of amides is 4. The highest BCUT2D eigenvalue weighted by Crippen LogP contribution is 2.44. The Morgan fingerprint density at radius 2 is 1.42 bits per heavy atom. The van der Waals surface area contributed by atoms with Gasteiger partial charge in [0.1, 0.15) is 19.7 Å². The summed E-state index contributed by atoms with van der Waals surface area (Å²) >= 11 is 0. The molecule has 4 amide bonds. The summed E-state index contributed by atoms with van der Waals surface area (Å²) in [6, 6.07) is 15.8. The molecule has 1 saturated heterocycles. The van der Waals surface area contributed by atoms with Gasteiger partial charge in [0.05, 0.1) is 0 Å². The van der Waals surface area contributed by atoms with Crippen LogP contribution in [-0.4, -0.2) is 54.5 Å². The van der Waals surface area contributed by atoms with Crippen LogP contribution in [0.2, 0.25) is 0 Å². The number of nitrogens with one attached hydrogen (secondary N) is 2. The van der Waals surface area contributed by atoms with Crippen molar-refractivity contribution in [1.29, 1.82) is 0 Å². The Kier molecular flexibility index (Phi) is 6.34. The van der Waals surface area contributed by atoms with Crippen LogP contribution in [0.25, 0.3) is 11.1 Å². The summed E-state index contributed by atoms with van der Waals surface area (Å²) < 4.78 is 5.32. The van der Waals surface area contributed by atoms with Gasteiger partial charge in [0.2, 0.25) is 5.91 Å². The fourth-order valence-electron chi connectivity index (χ4n) is 3.83. The second-order valence-corrected chi connectivity index (χ2v) is 7.50. The zero-order valence-electron chi connectivity index (χ0n) is 17.5. The van der Waals surface area contributed by atoms with Crippen molar-refractivity contribution in [2.45, 2.75) is 18.8 Å². The van der Waals surface area contributed by atoms with E-state index < -0.39 is 42.9 Å². The number of carbonyl (C=O) groups excluding carboxylic acids is 5. The van der Waals surface area contributed by atoms with Crippen LogP contribution in [0.3, 0.4) is 0 Å². The highest BCUT2D eigenvalue weighted by Gasteiger charge is 2.33. The molecule has 2 aliphatic rings. The van der Waals surface area contributed by atoms with Crippen molar-refractivity contribution >= 4 is 29.8 Å². The molecule has 2 aromatic rings. The Balaban J connectivity index is 1.21. The number of rotatable bonds is 7. The summed E-state index contributed by atoms with van der Waals surface area (Å²) in [6.07, 6.45) is -0.826. The summed E-state index contributed by atoms with van der Waals surface area (Å²) in [5.74, 6) is -2.98. The molecule has 10 nitrogen and oxygen atoms in total. The molecule has 33 heavy (non-hydrogen) atoms. The summed E-state index contributed by atoms with van der Waals surface area (Å²) in [5.41, 5.74) is 4.34. The predicted octanol–water partition coefficient (Wildman–Crippen LogP) is 1.25. The second-order valence-electron chi connectivity index (χ2n) is 7.50. The molecule has 170 valence electrons. The van der Waals surface area contributed by atoms with E-state index in [1.807, 2.05) is 48.5 Å². The van der Waals surface area contributed by atoms with Gasteiger partial charge >= 0.3 is 12.1 Å². The van der Waals surface area contributed by atoms with E-state index in [-0.39, 0.29) is 25.4 Å². The van der Waals surface area contributed by atoms with Crippen molar-refractivity contribution in [2.75, 3.05) is 19.7 Å². The van der Waals surface area contributed by atoms with E-state index in [4.69, 9.17) is 4.74 Å².